The summed E-state index contributed by atoms with van der Waals surface area (Å²) in [6.07, 6.45) is 4.44. The monoisotopic (exact) mass is 724 g/mol. The van der Waals surface area contributed by atoms with Gasteiger partial charge in [-0.25, -0.2) is 0 Å². The maximum absolute atomic E-state index is 2.54. The van der Waals surface area contributed by atoms with E-state index in [2.05, 4.69) is 200 Å². The molecule has 0 N–H and O–H groups in total. The molecule has 7 rings (SSSR count). The highest BCUT2D eigenvalue weighted by Crippen LogP contribution is 2.56. The topological polar surface area (TPSA) is 6.48 Å². The van der Waals surface area contributed by atoms with Gasteiger partial charge < -0.3 is 9.80 Å². The van der Waals surface area contributed by atoms with Crippen molar-refractivity contribution in [2.75, 3.05) is 9.80 Å². The highest BCUT2D eigenvalue weighted by molar-refractivity contribution is 5.89. The van der Waals surface area contributed by atoms with E-state index >= 15 is 0 Å². The van der Waals surface area contributed by atoms with Crippen molar-refractivity contribution in [3.8, 4) is 11.1 Å². The number of aryl methyl sites for hydroxylation is 4. The standard InChI is InChI=1S/C53H60N2/c1-11-29-53(30-12-2)49-33-45(54(51-27-13-37(7)31-39(51)9)43-19-15-41(16-20-43)35(3)4)23-25-47(49)48-26-24-46(34-50(48)53)55(52-28-14-38(8)32-40(52)10)44-21-17-42(18-22-44)36(5)6/h13-28,31-36H,11-12,29-30H2,1-10H3. The minimum atomic E-state index is -0.0921. The van der Waals surface area contributed by atoms with Gasteiger partial charge in [0.05, 0.1) is 0 Å². The summed E-state index contributed by atoms with van der Waals surface area (Å²) in [6, 6.07) is 46.8. The van der Waals surface area contributed by atoms with Gasteiger partial charge in [0, 0.05) is 39.5 Å². The van der Waals surface area contributed by atoms with E-state index < -0.39 is 0 Å². The Morgan fingerprint density at radius 2 is 0.800 bits per heavy atom. The van der Waals surface area contributed by atoms with Crippen LogP contribution in [0.15, 0.2) is 121 Å². The van der Waals surface area contributed by atoms with Crippen molar-refractivity contribution >= 4 is 34.1 Å². The molecule has 0 aromatic heterocycles. The average molecular weight is 725 g/mol. The Bertz CT molecular complexity index is 2130. The molecule has 1 aliphatic carbocycles. The molecule has 0 spiro atoms. The van der Waals surface area contributed by atoms with Crippen molar-refractivity contribution in [2.24, 2.45) is 0 Å². The fraction of sp³-hybridized carbons (Fsp3) is 0.321. The number of fused-ring (bicyclic) bond motifs is 3. The molecule has 2 nitrogen and oxygen atoms in total. The molecule has 0 atom stereocenters. The number of anilines is 6. The molecule has 2 heteroatoms. The van der Waals surface area contributed by atoms with Crippen molar-refractivity contribution in [1.29, 1.82) is 0 Å². The molecule has 0 aliphatic heterocycles. The molecule has 0 unspecified atom stereocenters. The van der Waals surface area contributed by atoms with E-state index in [0.29, 0.717) is 11.8 Å². The summed E-state index contributed by atoms with van der Waals surface area (Å²) in [7, 11) is 0. The second-order valence-corrected chi connectivity index (χ2v) is 16.8. The van der Waals surface area contributed by atoms with Gasteiger partial charge in [0.2, 0.25) is 0 Å². The summed E-state index contributed by atoms with van der Waals surface area (Å²) in [6.45, 7) is 22.7. The van der Waals surface area contributed by atoms with Crippen LogP contribution in [0.3, 0.4) is 0 Å². The van der Waals surface area contributed by atoms with Crippen molar-refractivity contribution in [2.45, 2.75) is 112 Å². The first-order chi connectivity index (χ1) is 26.4. The predicted octanol–water partition coefficient (Wildman–Crippen LogP) is 16.0. The Kier molecular flexibility index (Phi) is 10.8. The first-order valence-corrected chi connectivity index (χ1v) is 20.7. The molecular formula is C53H60N2. The smallest absolute Gasteiger partial charge is 0.0490 e. The van der Waals surface area contributed by atoms with Gasteiger partial charge in [-0.2, -0.15) is 0 Å². The van der Waals surface area contributed by atoms with Gasteiger partial charge in [0.15, 0.2) is 0 Å². The molecule has 0 amide bonds. The molecule has 6 aromatic rings. The van der Waals surface area contributed by atoms with Gasteiger partial charge in [-0.05, 0) is 158 Å². The maximum Gasteiger partial charge on any atom is 0.0490 e. The SMILES string of the molecule is CCCC1(CCC)c2cc(N(c3ccc(C(C)C)cc3)c3ccc(C)cc3C)ccc2-c2ccc(N(c3ccc(C(C)C)cc3)c3ccc(C)cc3C)cc21. The highest BCUT2D eigenvalue weighted by atomic mass is 15.2. The third-order valence-electron chi connectivity index (χ3n) is 12.0. The Morgan fingerprint density at radius 1 is 0.436 bits per heavy atom. The molecule has 0 saturated heterocycles. The number of benzene rings is 6. The lowest BCUT2D eigenvalue weighted by molar-refractivity contribution is 0.436. The number of rotatable bonds is 12. The summed E-state index contributed by atoms with van der Waals surface area (Å²) >= 11 is 0. The van der Waals surface area contributed by atoms with Crippen LogP contribution >= 0.6 is 0 Å². The van der Waals surface area contributed by atoms with Crippen molar-refractivity contribution in [1.82, 2.24) is 0 Å². The fourth-order valence-corrected chi connectivity index (χ4v) is 9.25. The van der Waals surface area contributed by atoms with Crippen molar-refractivity contribution in [3.63, 3.8) is 0 Å². The van der Waals surface area contributed by atoms with Crippen LogP contribution in [-0.4, -0.2) is 0 Å². The first-order valence-electron chi connectivity index (χ1n) is 20.7. The Balaban J connectivity index is 1.41. The predicted molar refractivity (Wildman–Crippen MR) is 239 cm³/mol. The van der Waals surface area contributed by atoms with Crippen LogP contribution in [0.25, 0.3) is 11.1 Å². The summed E-state index contributed by atoms with van der Waals surface area (Å²) in [5, 5.41) is 0. The largest absolute Gasteiger partial charge is 0.310 e. The van der Waals surface area contributed by atoms with Crippen LogP contribution in [0.5, 0.6) is 0 Å². The van der Waals surface area contributed by atoms with E-state index in [9.17, 15) is 0 Å². The van der Waals surface area contributed by atoms with Crippen LogP contribution in [0.4, 0.5) is 34.1 Å². The molecule has 0 saturated carbocycles. The molecule has 0 radical (unpaired) electrons. The van der Waals surface area contributed by atoms with Crippen LogP contribution < -0.4 is 9.80 Å². The summed E-state index contributed by atoms with van der Waals surface area (Å²) < 4.78 is 0. The fourth-order valence-electron chi connectivity index (χ4n) is 9.25. The van der Waals surface area contributed by atoms with E-state index in [0.717, 1.165) is 25.7 Å². The maximum atomic E-state index is 2.54. The molecule has 55 heavy (non-hydrogen) atoms. The number of hydrogen-bond acceptors (Lipinski definition) is 2. The van der Waals surface area contributed by atoms with Gasteiger partial charge in [-0.15, -0.1) is 0 Å². The lowest BCUT2D eigenvalue weighted by Gasteiger charge is -2.35. The van der Waals surface area contributed by atoms with Gasteiger partial charge in [0.25, 0.3) is 0 Å². The zero-order valence-electron chi connectivity index (χ0n) is 34.9. The van der Waals surface area contributed by atoms with E-state index in [1.165, 1.54) is 89.8 Å². The Labute approximate surface area is 331 Å². The Morgan fingerprint density at radius 3 is 1.13 bits per heavy atom. The van der Waals surface area contributed by atoms with Crippen LogP contribution in [0.1, 0.15) is 124 Å². The molecule has 0 heterocycles. The zero-order valence-corrected chi connectivity index (χ0v) is 34.9. The number of nitrogens with zero attached hydrogens (tertiary/aromatic N) is 2. The highest BCUT2D eigenvalue weighted by Gasteiger charge is 2.43. The zero-order chi connectivity index (χ0) is 39.0. The van der Waals surface area contributed by atoms with Gasteiger partial charge in [-0.3, -0.25) is 0 Å². The average Bonchev–Trinajstić information content (AvgIpc) is 3.42. The van der Waals surface area contributed by atoms with Crippen molar-refractivity contribution < 1.29 is 0 Å². The second-order valence-electron chi connectivity index (χ2n) is 16.8. The van der Waals surface area contributed by atoms with Gasteiger partial charge in [0.1, 0.15) is 0 Å². The summed E-state index contributed by atoms with van der Waals surface area (Å²) in [5.41, 5.74) is 20.7. The van der Waals surface area contributed by atoms with E-state index in [1.807, 2.05) is 0 Å². The molecule has 282 valence electrons. The molecule has 1 aliphatic rings. The van der Waals surface area contributed by atoms with Crippen LogP contribution in [0.2, 0.25) is 0 Å². The lowest BCUT2D eigenvalue weighted by atomic mass is 9.71. The molecule has 0 fully saturated rings. The molecular weight excluding hydrogens is 665 g/mol. The normalized spacial score (nSPS) is 12.9. The minimum absolute atomic E-state index is 0.0921. The minimum Gasteiger partial charge on any atom is -0.310 e. The van der Waals surface area contributed by atoms with Gasteiger partial charge >= 0.3 is 0 Å². The van der Waals surface area contributed by atoms with E-state index in [-0.39, 0.29) is 5.41 Å². The van der Waals surface area contributed by atoms with E-state index in [1.54, 1.807) is 0 Å². The quantitative estimate of drug-likeness (QED) is 0.124. The van der Waals surface area contributed by atoms with Crippen LogP contribution in [-0.2, 0) is 5.41 Å². The van der Waals surface area contributed by atoms with E-state index in [4.69, 9.17) is 0 Å². The Hall–Kier alpha value is -5.08. The lowest BCUT2D eigenvalue weighted by Crippen LogP contribution is -2.26. The first kappa shape index (κ1) is 38.2. The van der Waals surface area contributed by atoms with Gasteiger partial charge in [-0.1, -0.05) is 126 Å². The van der Waals surface area contributed by atoms with Crippen molar-refractivity contribution in [3.05, 3.63) is 166 Å². The molecule has 0 bridgehead atoms. The third-order valence-corrected chi connectivity index (χ3v) is 12.0. The molecule has 6 aromatic carbocycles. The third kappa shape index (κ3) is 7.13. The summed E-state index contributed by atoms with van der Waals surface area (Å²) in [5.74, 6) is 0.974. The second kappa shape index (κ2) is 15.6. The van der Waals surface area contributed by atoms with Crippen LogP contribution in [0, 0.1) is 27.7 Å². The summed E-state index contributed by atoms with van der Waals surface area (Å²) in [4.78, 5) is 4.97. The number of hydrogen-bond donors (Lipinski definition) is 0.